The molecular weight excluding hydrogens is 300 g/mol. The second kappa shape index (κ2) is 7.55. The summed E-state index contributed by atoms with van der Waals surface area (Å²) in [5.41, 5.74) is 0. The average Bonchev–Trinajstić information content (AvgIpc) is 2.50. The molecule has 1 aliphatic heterocycles. The first-order chi connectivity index (χ1) is 10.4. The molecule has 0 amide bonds. The summed E-state index contributed by atoms with van der Waals surface area (Å²) in [6, 6.07) is 9.10. The van der Waals surface area contributed by atoms with E-state index in [4.69, 9.17) is 0 Å². The molecule has 1 aliphatic rings. The first-order valence-electron chi connectivity index (χ1n) is 7.88. The maximum atomic E-state index is 12.1. The fraction of sp³-hybridized carbons (Fsp3) is 0.625. The number of sulfonamides is 1. The lowest BCUT2D eigenvalue weighted by molar-refractivity contribution is 0.0438. The molecule has 0 aromatic heterocycles. The number of aliphatic hydroxyl groups excluding tert-OH is 1. The maximum Gasteiger partial charge on any atom is 0.240 e. The van der Waals surface area contributed by atoms with Crippen molar-refractivity contribution in [2.75, 3.05) is 13.1 Å². The van der Waals surface area contributed by atoms with Gasteiger partial charge >= 0.3 is 0 Å². The van der Waals surface area contributed by atoms with E-state index in [2.05, 4.69) is 23.5 Å². The van der Waals surface area contributed by atoms with E-state index in [0.29, 0.717) is 18.6 Å². The Morgan fingerprint density at radius 2 is 1.82 bits per heavy atom. The van der Waals surface area contributed by atoms with Crippen molar-refractivity contribution in [1.29, 1.82) is 0 Å². The minimum Gasteiger partial charge on any atom is -0.390 e. The smallest absolute Gasteiger partial charge is 0.240 e. The zero-order valence-electron chi connectivity index (χ0n) is 13.3. The van der Waals surface area contributed by atoms with Gasteiger partial charge in [-0.15, -0.1) is 0 Å². The lowest BCUT2D eigenvalue weighted by Crippen LogP contribution is -2.49. The zero-order chi connectivity index (χ0) is 16.2. The van der Waals surface area contributed by atoms with Gasteiger partial charge < -0.3 is 5.11 Å². The van der Waals surface area contributed by atoms with E-state index in [1.165, 1.54) is 6.42 Å². The number of benzene rings is 1. The van der Waals surface area contributed by atoms with Gasteiger partial charge in [0.15, 0.2) is 0 Å². The van der Waals surface area contributed by atoms with E-state index >= 15 is 0 Å². The minimum atomic E-state index is -3.55. The number of likely N-dealkylation sites (tertiary alicyclic amines) is 1. The highest BCUT2D eigenvalue weighted by Gasteiger charge is 2.26. The van der Waals surface area contributed by atoms with Gasteiger partial charge in [0, 0.05) is 25.2 Å². The van der Waals surface area contributed by atoms with Gasteiger partial charge in [-0.05, 0) is 38.8 Å². The molecule has 3 atom stereocenters. The van der Waals surface area contributed by atoms with Gasteiger partial charge in [-0.1, -0.05) is 24.6 Å². The Morgan fingerprint density at radius 1 is 1.23 bits per heavy atom. The van der Waals surface area contributed by atoms with Crippen LogP contribution in [-0.2, 0) is 10.0 Å². The van der Waals surface area contributed by atoms with Crippen molar-refractivity contribution in [3.63, 3.8) is 0 Å². The van der Waals surface area contributed by atoms with Gasteiger partial charge in [0.1, 0.15) is 0 Å². The molecular formula is C16H26N2O3S. The Bertz CT molecular complexity index is 552. The summed E-state index contributed by atoms with van der Waals surface area (Å²) in [5, 5.41) is 10.2. The molecule has 0 radical (unpaired) electrons. The molecule has 5 nitrogen and oxygen atoms in total. The van der Waals surface area contributed by atoms with Crippen LogP contribution in [0, 0.1) is 0 Å². The summed E-state index contributed by atoms with van der Waals surface area (Å²) < 4.78 is 26.7. The van der Waals surface area contributed by atoms with E-state index in [1.807, 2.05) is 0 Å². The lowest BCUT2D eigenvalue weighted by atomic mass is 9.97. The van der Waals surface area contributed by atoms with Crippen LogP contribution < -0.4 is 4.72 Å². The number of rotatable bonds is 6. The van der Waals surface area contributed by atoms with Crippen LogP contribution in [0.3, 0.4) is 0 Å². The number of nitrogens with one attached hydrogen (secondary N) is 1. The Morgan fingerprint density at radius 3 is 2.41 bits per heavy atom. The Labute approximate surface area is 133 Å². The maximum absolute atomic E-state index is 12.1. The van der Waals surface area contributed by atoms with Crippen LogP contribution in [0.25, 0.3) is 0 Å². The van der Waals surface area contributed by atoms with E-state index in [0.717, 1.165) is 12.8 Å². The molecule has 0 unspecified atom stereocenters. The fourth-order valence-electron chi connectivity index (χ4n) is 3.03. The highest BCUT2D eigenvalue weighted by molar-refractivity contribution is 7.89. The molecule has 1 aromatic rings. The van der Waals surface area contributed by atoms with Crippen LogP contribution in [-0.4, -0.2) is 49.7 Å². The van der Waals surface area contributed by atoms with Crippen molar-refractivity contribution < 1.29 is 13.5 Å². The zero-order valence-corrected chi connectivity index (χ0v) is 14.1. The van der Waals surface area contributed by atoms with E-state index in [9.17, 15) is 13.5 Å². The first-order valence-corrected chi connectivity index (χ1v) is 9.37. The third-order valence-electron chi connectivity index (χ3n) is 4.36. The molecule has 2 N–H and O–H groups in total. The Balaban J connectivity index is 1.88. The molecule has 0 bridgehead atoms. The summed E-state index contributed by atoms with van der Waals surface area (Å²) in [4.78, 5) is 2.49. The summed E-state index contributed by atoms with van der Waals surface area (Å²) in [7, 11) is -3.55. The highest BCUT2D eigenvalue weighted by Crippen LogP contribution is 2.22. The van der Waals surface area contributed by atoms with Crippen LogP contribution in [0.1, 0.15) is 33.1 Å². The van der Waals surface area contributed by atoms with Crippen LogP contribution in [0.4, 0.5) is 0 Å². The molecule has 0 spiro atoms. The molecule has 22 heavy (non-hydrogen) atoms. The van der Waals surface area contributed by atoms with E-state index < -0.39 is 16.1 Å². The number of β-amino-alcohol motifs (C(OH)–C–C–N with tert-alkyl or cyclic N) is 1. The van der Waals surface area contributed by atoms with Crippen molar-refractivity contribution in [2.24, 2.45) is 0 Å². The summed E-state index contributed by atoms with van der Waals surface area (Å²) in [6.07, 6.45) is 2.77. The van der Waals surface area contributed by atoms with Gasteiger partial charge in [-0.25, -0.2) is 13.1 Å². The molecule has 6 heteroatoms. The fourth-order valence-corrected chi connectivity index (χ4v) is 4.13. The topological polar surface area (TPSA) is 69.6 Å². The number of aliphatic hydroxyl groups is 1. The van der Waals surface area contributed by atoms with Crippen LogP contribution >= 0.6 is 0 Å². The standard InChI is InChI=1S/C16H26N2O3S/c1-13-7-6-8-14(2)18(13)12-15(19)11-17-22(20,21)16-9-4-3-5-10-16/h3-5,9-10,13-15,17,19H,6-8,11-12H2,1-2H3/t13-,14+,15-/m1/s1. The minimum absolute atomic E-state index is 0.0349. The monoisotopic (exact) mass is 326 g/mol. The molecule has 0 aliphatic carbocycles. The van der Waals surface area contributed by atoms with Gasteiger partial charge in [-0.3, -0.25) is 4.90 Å². The quantitative estimate of drug-likeness (QED) is 0.833. The van der Waals surface area contributed by atoms with Crippen molar-refractivity contribution in [1.82, 2.24) is 9.62 Å². The number of piperidine rings is 1. The van der Waals surface area contributed by atoms with Crippen LogP contribution in [0.15, 0.2) is 35.2 Å². The second-order valence-electron chi connectivity index (χ2n) is 6.14. The van der Waals surface area contributed by atoms with Crippen molar-refractivity contribution >= 4 is 10.0 Å². The molecule has 1 fully saturated rings. The van der Waals surface area contributed by atoms with E-state index in [1.54, 1.807) is 30.3 Å². The van der Waals surface area contributed by atoms with Crippen LogP contribution in [0.2, 0.25) is 0 Å². The van der Waals surface area contributed by atoms with Gasteiger partial charge in [0.25, 0.3) is 0 Å². The molecule has 1 aromatic carbocycles. The first kappa shape index (κ1) is 17.4. The van der Waals surface area contributed by atoms with Crippen molar-refractivity contribution in [3.8, 4) is 0 Å². The number of hydrogen-bond acceptors (Lipinski definition) is 4. The van der Waals surface area contributed by atoms with Crippen molar-refractivity contribution in [2.45, 2.75) is 56.2 Å². The highest BCUT2D eigenvalue weighted by atomic mass is 32.2. The van der Waals surface area contributed by atoms with E-state index in [-0.39, 0.29) is 11.4 Å². The predicted molar refractivity (Wildman–Crippen MR) is 87.1 cm³/mol. The molecule has 1 heterocycles. The largest absolute Gasteiger partial charge is 0.390 e. The predicted octanol–water partition coefficient (Wildman–Crippen LogP) is 1.59. The number of hydrogen-bond donors (Lipinski definition) is 2. The molecule has 2 rings (SSSR count). The van der Waals surface area contributed by atoms with Crippen molar-refractivity contribution in [3.05, 3.63) is 30.3 Å². The third kappa shape index (κ3) is 4.52. The SMILES string of the molecule is C[C@@H]1CCC[C@H](C)N1C[C@H](O)CNS(=O)(=O)c1ccccc1. The Kier molecular flexibility index (Phi) is 5.97. The number of nitrogens with zero attached hydrogens (tertiary/aromatic N) is 1. The summed E-state index contributed by atoms with van der Waals surface area (Å²) >= 11 is 0. The lowest BCUT2D eigenvalue weighted by Gasteiger charge is -2.40. The average molecular weight is 326 g/mol. The van der Waals surface area contributed by atoms with Gasteiger partial charge in [0.2, 0.25) is 10.0 Å². The van der Waals surface area contributed by atoms with Crippen LogP contribution in [0.5, 0.6) is 0 Å². The molecule has 1 saturated heterocycles. The summed E-state index contributed by atoms with van der Waals surface area (Å²) in [5.74, 6) is 0. The van der Waals surface area contributed by atoms with Gasteiger partial charge in [0.05, 0.1) is 11.0 Å². The van der Waals surface area contributed by atoms with Gasteiger partial charge in [-0.2, -0.15) is 0 Å². The Hall–Kier alpha value is -0.950. The second-order valence-corrected chi connectivity index (χ2v) is 7.91. The molecule has 0 saturated carbocycles. The normalized spacial score (nSPS) is 25.0. The summed E-state index contributed by atoms with van der Waals surface area (Å²) in [6.45, 7) is 4.86. The third-order valence-corrected chi connectivity index (χ3v) is 5.80. The molecule has 124 valence electrons.